The van der Waals surface area contributed by atoms with E-state index >= 15 is 0 Å². The van der Waals surface area contributed by atoms with Crippen LogP contribution in [0.4, 0.5) is 0 Å². The van der Waals surface area contributed by atoms with Crippen LogP contribution in [0.1, 0.15) is 72.1 Å². The smallest absolute Gasteiger partial charge is 0.222 e. The van der Waals surface area contributed by atoms with Gasteiger partial charge < -0.3 is 4.90 Å². The fraction of sp³-hybridized carbons (Fsp3) is 0.857. The summed E-state index contributed by atoms with van der Waals surface area (Å²) in [5.41, 5.74) is 3.87. The lowest BCUT2D eigenvalue weighted by molar-refractivity contribution is -0.143. The molecule has 0 N–H and O–H groups in total. The lowest BCUT2D eigenvalue weighted by Gasteiger charge is -2.56. The van der Waals surface area contributed by atoms with Crippen LogP contribution in [0.15, 0.2) is 11.1 Å². The summed E-state index contributed by atoms with van der Waals surface area (Å²) in [5.74, 6) is 3.90. The van der Waals surface area contributed by atoms with Crippen LogP contribution in [0.5, 0.6) is 0 Å². The Labute approximate surface area is 141 Å². The molecule has 0 bridgehead atoms. The summed E-state index contributed by atoms with van der Waals surface area (Å²) in [5, 5.41) is 0. The number of piperidine rings is 1. The van der Waals surface area contributed by atoms with E-state index in [1.54, 1.807) is 11.1 Å². The van der Waals surface area contributed by atoms with Gasteiger partial charge in [-0.15, -0.1) is 0 Å². The molecule has 3 saturated carbocycles. The predicted octanol–water partition coefficient (Wildman–Crippen LogP) is 4.80. The number of rotatable bonds is 0. The normalized spacial score (nSPS) is 46.3. The van der Waals surface area contributed by atoms with Gasteiger partial charge in [0.05, 0.1) is 0 Å². The maximum Gasteiger partial charge on any atom is 0.222 e. The van der Waals surface area contributed by atoms with Crippen molar-refractivity contribution in [2.75, 3.05) is 7.05 Å². The van der Waals surface area contributed by atoms with E-state index in [0.29, 0.717) is 17.4 Å². The summed E-state index contributed by atoms with van der Waals surface area (Å²) in [7, 11) is 2.06. The van der Waals surface area contributed by atoms with E-state index < -0.39 is 0 Å². The zero-order chi connectivity index (χ0) is 16.4. The summed E-state index contributed by atoms with van der Waals surface area (Å²) < 4.78 is 0. The van der Waals surface area contributed by atoms with Crippen LogP contribution >= 0.6 is 0 Å². The third-order valence-corrected chi connectivity index (χ3v) is 8.30. The molecule has 3 aliphatic carbocycles. The predicted molar refractivity (Wildman–Crippen MR) is 93.9 cm³/mol. The molecule has 4 rings (SSSR count). The summed E-state index contributed by atoms with van der Waals surface area (Å²) in [6, 6.07) is 0.547. The second-order valence-corrected chi connectivity index (χ2v) is 9.26. The molecule has 4 aliphatic rings. The molecule has 0 aromatic heterocycles. The Morgan fingerprint density at radius 2 is 1.78 bits per heavy atom. The molecular formula is C21H33NO. The first-order chi connectivity index (χ1) is 10.9. The molecule has 0 radical (unpaired) electrons. The van der Waals surface area contributed by atoms with E-state index in [0.717, 1.165) is 36.5 Å². The Kier molecular flexibility index (Phi) is 3.66. The van der Waals surface area contributed by atoms with Gasteiger partial charge in [-0.3, -0.25) is 4.79 Å². The van der Waals surface area contributed by atoms with Crippen LogP contribution < -0.4 is 0 Å². The molecule has 4 fully saturated rings. The topological polar surface area (TPSA) is 20.3 Å². The number of hydrogen-bond donors (Lipinski definition) is 0. The van der Waals surface area contributed by atoms with Crippen molar-refractivity contribution >= 4 is 5.91 Å². The highest BCUT2D eigenvalue weighted by Gasteiger charge is 2.56. The molecule has 23 heavy (non-hydrogen) atoms. The Balaban J connectivity index is 1.61. The van der Waals surface area contributed by atoms with Crippen molar-refractivity contribution in [3.63, 3.8) is 0 Å². The van der Waals surface area contributed by atoms with Crippen molar-refractivity contribution in [3.05, 3.63) is 11.1 Å². The fourth-order valence-electron chi connectivity index (χ4n) is 7.30. The Bertz CT molecular complexity index is 546. The number of likely N-dealkylation sites (tertiary alicyclic amines) is 1. The van der Waals surface area contributed by atoms with E-state index in [9.17, 15) is 4.79 Å². The Hall–Kier alpha value is -0.790. The van der Waals surface area contributed by atoms with Gasteiger partial charge in [-0.05, 0) is 87.9 Å². The van der Waals surface area contributed by atoms with Crippen molar-refractivity contribution in [1.29, 1.82) is 0 Å². The van der Waals surface area contributed by atoms with Gasteiger partial charge in [-0.2, -0.15) is 0 Å². The third kappa shape index (κ3) is 2.16. The van der Waals surface area contributed by atoms with Crippen molar-refractivity contribution in [2.45, 2.75) is 78.2 Å². The standard InChI is InChI=1S/C21H33NO/c1-13(2)17-7-8-18-15-5-9-19-16(6-10-20(23)22(19)4)14(15)11-12-21(17,18)3/h14-16,18-19H,5-12H2,1-4H3. The SMILES string of the molecule is CC(C)=C1CCC2C3CCC4C(CCC(=O)N4C)C3CCC12C. The monoisotopic (exact) mass is 315 g/mol. The van der Waals surface area contributed by atoms with Gasteiger partial charge in [0.25, 0.3) is 0 Å². The Morgan fingerprint density at radius 3 is 2.52 bits per heavy atom. The van der Waals surface area contributed by atoms with E-state index in [-0.39, 0.29) is 0 Å². The maximum atomic E-state index is 12.1. The minimum absolute atomic E-state index is 0.387. The summed E-state index contributed by atoms with van der Waals surface area (Å²) >= 11 is 0. The van der Waals surface area contributed by atoms with E-state index in [2.05, 4.69) is 32.7 Å². The summed E-state index contributed by atoms with van der Waals surface area (Å²) in [6.45, 7) is 7.23. The molecule has 1 amide bonds. The van der Waals surface area contributed by atoms with Crippen LogP contribution in [0, 0.1) is 29.1 Å². The lowest BCUT2D eigenvalue weighted by atomic mass is 9.52. The molecule has 2 nitrogen and oxygen atoms in total. The molecular weight excluding hydrogens is 282 g/mol. The van der Waals surface area contributed by atoms with Crippen LogP contribution in [-0.2, 0) is 4.79 Å². The summed E-state index contributed by atoms with van der Waals surface area (Å²) in [6.07, 6.45) is 10.1. The molecule has 128 valence electrons. The molecule has 1 heterocycles. The maximum absolute atomic E-state index is 12.1. The lowest BCUT2D eigenvalue weighted by Crippen LogP contribution is -2.55. The number of carbonyl (C=O) groups excluding carboxylic acids is 1. The molecule has 6 atom stereocenters. The first-order valence-electron chi connectivity index (χ1n) is 9.86. The molecule has 2 heteroatoms. The highest BCUT2D eigenvalue weighted by atomic mass is 16.2. The second kappa shape index (κ2) is 5.36. The van der Waals surface area contributed by atoms with Crippen LogP contribution in [0.25, 0.3) is 0 Å². The van der Waals surface area contributed by atoms with Crippen LogP contribution in [0.3, 0.4) is 0 Å². The van der Waals surface area contributed by atoms with Gasteiger partial charge in [-0.25, -0.2) is 0 Å². The fourth-order valence-corrected chi connectivity index (χ4v) is 7.30. The molecule has 0 spiro atoms. The highest BCUT2D eigenvalue weighted by Crippen LogP contribution is 2.63. The third-order valence-electron chi connectivity index (χ3n) is 8.30. The summed E-state index contributed by atoms with van der Waals surface area (Å²) in [4.78, 5) is 14.2. The highest BCUT2D eigenvalue weighted by molar-refractivity contribution is 5.77. The average Bonchev–Trinajstić information content (AvgIpc) is 2.88. The molecule has 1 aliphatic heterocycles. The first kappa shape index (κ1) is 15.7. The van der Waals surface area contributed by atoms with E-state index in [1.807, 2.05) is 0 Å². The number of amides is 1. The number of nitrogens with zero attached hydrogens (tertiary/aromatic N) is 1. The van der Waals surface area contributed by atoms with Gasteiger partial charge in [0.15, 0.2) is 0 Å². The molecule has 1 saturated heterocycles. The van der Waals surface area contributed by atoms with E-state index in [1.165, 1.54) is 38.5 Å². The van der Waals surface area contributed by atoms with Crippen LogP contribution in [-0.4, -0.2) is 23.9 Å². The molecule has 6 unspecified atom stereocenters. The largest absolute Gasteiger partial charge is 0.342 e. The minimum Gasteiger partial charge on any atom is -0.342 e. The van der Waals surface area contributed by atoms with Crippen molar-refractivity contribution in [1.82, 2.24) is 4.90 Å². The first-order valence-corrected chi connectivity index (χ1v) is 9.86. The number of hydrogen-bond acceptors (Lipinski definition) is 1. The second-order valence-electron chi connectivity index (χ2n) is 9.26. The average molecular weight is 316 g/mol. The number of allylic oxidation sites excluding steroid dienone is 2. The van der Waals surface area contributed by atoms with Gasteiger partial charge in [0, 0.05) is 19.5 Å². The van der Waals surface area contributed by atoms with Gasteiger partial charge in [-0.1, -0.05) is 18.1 Å². The number of carbonyl (C=O) groups is 1. The van der Waals surface area contributed by atoms with Gasteiger partial charge in [0.2, 0.25) is 5.91 Å². The van der Waals surface area contributed by atoms with Crippen molar-refractivity contribution in [3.8, 4) is 0 Å². The van der Waals surface area contributed by atoms with Gasteiger partial charge in [0.1, 0.15) is 0 Å². The minimum atomic E-state index is 0.387. The van der Waals surface area contributed by atoms with Crippen molar-refractivity contribution < 1.29 is 4.79 Å². The Morgan fingerprint density at radius 1 is 1.00 bits per heavy atom. The number of fused-ring (bicyclic) bond motifs is 5. The van der Waals surface area contributed by atoms with Gasteiger partial charge >= 0.3 is 0 Å². The van der Waals surface area contributed by atoms with E-state index in [4.69, 9.17) is 0 Å². The zero-order valence-electron chi connectivity index (χ0n) is 15.4. The zero-order valence-corrected chi connectivity index (χ0v) is 15.4. The van der Waals surface area contributed by atoms with Crippen molar-refractivity contribution in [2.24, 2.45) is 29.1 Å². The molecule has 0 aromatic carbocycles. The van der Waals surface area contributed by atoms with Crippen LogP contribution in [0.2, 0.25) is 0 Å². The molecule has 0 aromatic rings. The quantitative estimate of drug-likeness (QED) is 0.588.